The SMILES string of the molecule is Cc1nc(N2CCC3(CC2)CO[C@@H](C)[C@H]3N)c(CO)c(=O)n1-c1cccc(Cl)c1Cl. The van der Waals surface area contributed by atoms with Gasteiger partial charge in [-0.1, -0.05) is 29.3 Å². The highest BCUT2D eigenvalue weighted by Gasteiger charge is 2.47. The third kappa shape index (κ3) is 3.42. The van der Waals surface area contributed by atoms with Crippen LogP contribution in [0.1, 0.15) is 31.2 Å². The summed E-state index contributed by atoms with van der Waals surface area (Å²) in [6.45, 7) is 5.41. The molecule has 3 heterocycles. The summed E-state index contributed by atoms with van der Waals surface area (Å²) in [5.74, 6) is 0.996. The van der Waals surface area contributed by atoms with Gasteiger partial charge in [0, 0.05) is 24.5 Å². The number of rotatable bonds is 3. The summed E-state index contributed by atoms with van der Waals surface area (Å²) in [5.41, 5.74) is 6.72. The van der Waals surface area contributed by atoms with E-state index in [2.05, 4.69) is 9.88 Å². The molecule has 0 unspecified atom stereocenters. The molecular weight excluding hydrogens is 427 g/mol. The van der Waals surface area contributed by atoms with Gasteiger partial charge in [-0.3, -0.25) is 9.36 Å². The van der Waals surface area contributed by atoms with Gasteiger partial charge < -0.3 is 20.5 Å². The minimum atomic E-state index is -0.416. The Hall–Kier alpha value is -1.64. The minimum Gasteiger partial charge on any atom is -0.391 e. The summed E-state index contributed by atoms with van der Waals surface area (Å²) in [6.07, 6.45) is 1.76. The van der Waals surface area contributed by atoms with Gasteiger partial charge in [0.2, 0.25) is 0 Å². The van der Waals surface area contributed by atoms with Crippen LogP contribution in [0.25, 0.3) is 5.69 Å². The zero-order valence-electron chi connectivity index (χ0n) is 17.1. The second-order valence-electron chi connectivity index (χ2n) is 8.22. The van der Waals surface area contributed by atoms with Crippen molar-refractivity contribution in [3.63, 3.8) is 0 Å². The highest BCUT2D eigenvalue weighted by Crippen LogP contribution is 2.42. The molecule has 2 aliphatic heterocycles. The fourth-order valence-corrected chi connectivity index (χ4v) is 5.01. The van der Waals surface area contributed by atoms with Gasteiger partial charge in [0.25, 0.3) is 5.56 Å². The fourth-order valence-electron chi connectivity index (χ4n) is 4.63. The molecule has 0 amide bonds. The highest BCUT2D eigenvalue weighted by molar-refractivity contribution is 6.43. The summed E-state index contributed by atoms with van der Waals surface area (Å²) < 4.78 is 7.19. The third-order valence-electron chi connectivity index (χ3n) is 6.56. The normalized spacial score (nSPS) is 23.3. The van der Waals surface area contributed by atoms with Gasteiger partial charge in [-0.2, -0.15) is 0 Å². The number of hydrogen-bond donors (Lipinski definition) is 2. The number of aliphatic hydroxyl groups is 1. The first-order valence-electron chi connectivity index (χ1n) is 10.1. The number of benzene rings is 1. The van der Waals surface area contributed by atoms with E-state index in [9.17, 15) is 9.90 Å². The number of anilines is 1. The average Bonchev–Trinajstić information content (AvgIpc) is 3.00. The number of nitrogens with two attached hydrogens (primary N) is 1. The van der Waals surface area contributed by atoms with E-state index in [1.165, 1.54) is 4.57 Å². The maximum Gasteiger partial charge on any atom is 0.265 e. The molecule has 2 fully saturated rings. The molecule has 9 heteroatoms. The van der Waals surface area contributed by atoms with E-state index in [-0.39, 0.29) is 33.7 Å². The van der Waals surface area contributed by atoms with Gasteiger partial charge in [0.1, 0.15) is 11.6 Å². The van der Waals surface area contributed by atoms with Crippen molar-refractivity contribution in [3.8, 4) is 5.69 Å². The quantitative estimate of drug-likeness (QED) is 0.743. The van der Waals surface area contributed by atoms with E-state index in [1.807, 2.05) is 6.92 Å². The van der Waals surface area contributed by atoms with Crippen molar-refractivity contribution < 1.29 is 9.84 Å². The summed E-state index contributed by atoms with van der Waals surface area (Å²) in [4.78, 5) is 20.0. The number of aryl methyl sites for hydroxylation is 1. The van der Waals surface area contributed by atoms with Crippen LogP contribution < -0.4 is 16.2 Å². The predicted octanol–water partition coefficient (Wildman–Crippen LogP) is 2.67. The van der Waals surface area contributed by atoms with E-state index in [1.54, 1.807) is 25.1 Å². The first-order chi connectivity index (χ1) is 14.3. The Morgan fingerprint density at radius 2 is 2.03 bits per heavy atom. The van der Waals surface area contributed by atoms with Crippen LogP contribution in [0, 0.1) is 12.3 Å². The molecule has 2 aromatic rings. The molecule has 0 aliphatic carbocycles. The lowest BCUT2D eigenvalue weighted by molar-refractivity contribution is 0.0973. The maximum atomic E-state index is 13.3. The van der Waals surface area contributed by atoms with Crippen LogP contribution in [0.3, 0.4) is 0 Å². The Morgan fingerprint density at radius 3 is 2.63 bits per heavy atom. The number of ether oxygens (including phenoxy) is 1. The molecule has 1 spiro atoms. The van der Waals surface area contributed by atoms with Crippen molar-refractivity contribution in [2.24, 2.45) is 11.1 Å². The second-order valence-corrected chi connectivity index (χ2v) is 9.01. The molecule has 30 heavy (non-hydrogen) atoms. The van der Waals surface area contributed by atoms with Crippen molar-refractivity contribution in [1.82, 2.24) is 9.55 Å². The number of nitrogens with zero attached hydrogens (tertiary/aromatic N) is 3. The van der Waals surface area contributed by atoms with Gasteiger partial charge in [0.15, 0.2) is 0 Å². The van der Waals surface area contributed by atoms with Gasteiger partial charge >= 0.3 is 0 Å². The van der Waals surface area contributed by atoms with Crippen LogP contribution in [-0.4, -0.2) is 46.5 Å². The molecule has 0 bridgehead atoms. The maximum absolute atomic E-state index is 13.3. The van der Waals surface area contributed by atoms with Crippen molar-refractivity contribution >= 4 is 29.0 Å². The van der Waals surface area contributed by atoms with Gasteiger partial charge in [-0.05, 0) is 38.8 Å². The Morgan fingerprint density at radius 1 is 1.33 bits per heavy atom. The predicted molar refractivity (Wildman–Crippen MR) is 118 cm³/mol. The molecular formula is C21H26Cl2N4O3. The van der Waals surface area contributed by atoms with E-state index in [0.29, 0.717) is 42.0 Å². The lowest BCUT2D eigenvalue weighted by Gasteiger charge is -2.42. The molecule has 162 valence electrons. The molecule has 0 radical (unpaired) electrons. The van der Waals surface area contributed by atoms with Crippen LogP contribution in [0.2, 0.25) is 10.0 Å². The van der Waals surface area contributed by atoms with Crippen LogP contribution in [0.4, 0.5) is 5.82 Å². The van der Waals surface area contributed by atoms with E-state index in [0.717, 1.165) is 12.8 Å². The lowest BCUT2D eigenvalue weighted by atomic mass is 9.73. The summed E-state index contributed by atoms with van der Waals surface area (Å²) in [7, 11) is 0. The fraction of sp³-hybridized carbons (Fsp3) is 0.524. The van der Waals surface area contributed by atoms with Gasteiger partial charge in [-0.15, -0.1) is 0 Å². The van der Waals surface area contributed by atoms with Crippen LogP contribution in [0.5, 0.6) is 0 Å². The Labute approximate surface area is 185 Å². The lowest BCUT2D eigenvalue weighted by Crippen LogP contribution is -2.51. The number of piperidine rings is 1. The molecule has 4 rings (SSSR count). The molecule has 2 aliphatic rings. The van der Waals surface area contributed by atoms with Crippen molar-refractivity contribution in [2.45, 2.75) is 45.4 Å². The van der Waals surface area contributed by atoms with Crippen molar-refractivity contribution in [2.75, 3.05) is 24.6 Å². The first kappa shape index (κ1) is 21.6. The molecule has 3 N–H and O–H groups in total. The Balaban J connectivity index is 1.69. The first-order valence-corrected chi connectivity index (χ1v) is 10.8. The van der Waals surface area contributed by atoms with E-state index >= 15 is 0 Å². The van der Waals surface area contributed by atoms with Crippen molar-refractivity contribution in [1.29, 1.82) is 0 Å². The molecule has 1 aromatic carbocycles. The van der Waals surface area contributed by atoms with Gasteiger partial charge in [0.05, 0.1) is 40.6 Å². The highest BCUT2D eigenvalue weighted by atomic mass is 35.5. The molecule has 0 saturated carbocycles. The average molecular weight is 453 g/mol. The zero-order chi connectivity index (χ0) is 21.6. The Bertz CT molecular complexity index is 1020. The smallest absolute Gasteiger partial charge is 0.265 e. The number of aromatic nitrogens is 2. The summed E-state index contributed by atoms with van der Waals surface area (Å²) in [5, 5.41) is 10.6. The number of halogens is 2. The number of hydrogen-bond acceptors (Lipinski definition) is 6. The Kier molecular flexibility index (Phi) is 5.85. The summed E-state index contributed by atoms with van der Waals surface area (Å²) >= 11 is 12.5. The molecule has 2 saturated heterocycles. The summed E-state index contributed by atoms with van der Waals surface area (Å²) in [6, 6.07) is 5.09. The molecule has 2 atom stereocenters. The monoisotopic (exact) mass is 452 g/mol. The largest absolute Gasteiger partial charge is 0.391 e. The molecule has 7 nitrogen and oxygen atoms in total. The second kappa shape index (κ2) is 8.13. The van der Waals surface area contributed by atoms with Crippen LogP contribution >= 0.6 is 23.2 Å². The number of aliphatic hydroxyl groups excluding tert-OH is 1. The molecule has 1 aromatic heterocycles. The van der Waals surface area contributed by atoms with Crippen molar-refractivity contribution in [3.05, 3.63) is 50.0 Å². The van der Waals surface area contributed by atoms with Crippen LogP contribution in [-0.2, 0) is 11.3 Å². The topological polar surface area (TPSA) is 93.6 Å². The zero-order valence-corrected chi connectivity index (χ0v) is 18.6. The van der Waals surface area contributed by atoms with E-state index in [4.69, 9.17) is 33.7 Å². The minimum absolute atomic E-state index is 0.00429. The van der Waals surface area contributed by atoms with E-state index < -0.39 is 6.61 Å². The standard InChI is InChI=1S/C21H26Cl2N4O3/c1-12-18(24)21(11-30-12)6-8-26(9-7-21)19-14(10-28)20(29)27(13(2)25-19)16-5-3-4-15(22)17(16)23/h3-5,12,18,28H,6-11,24H2,1-2H3/t12-,18+/m0/s1. The third-order valence-corrected chi connectivity index (χ3v) is 7.37. The van der Waals surface area contributed by atoms with Gasteiger partial charge in [-0.25, -0.2) is 4.98 Å². The van der Waals surface area contributed by atoms with Crippen LogP contribution in [0.15, 0.2) is 23.0 Å².